The number of aryl methyl sites for hydroxylation is 1. The molecule has 5 rings (SSSR count). The third kappa shape index (κ3) is 3.68. The zero-order valence-corrected chi connectivity index (χ0v) is 17.0. The van der Waals surface area contributed by atoms with Gasteiger partial charge in [0.05, 0.1) is 11.8 Å². The summed E-state index contributed by atoms with van der Waals surface area (Å²) in [5.74, 6) is -0.362. The quantitative estimate of drug-likeness (QED) is 0.478. The molecule has 4 aromatic rings. The molecule has 0 saturated heterocycles. The second kappa shape index (κ2) is 7.40. The Morgan fingerprint density at radius 1 is 1.06 bits per heavy atom. The topological polar surface area (TPSA) is 76.8 Å². The monoisotopic (exact) mass is 438 g/mol. The molecule has 4 aromatic heterocycles. The minimum atomic E-state index is -4.54. The molecule has 32 heavy (non-hydrogen) atoms. The molecule has 0 aliphatic carbocycles. The molecule has 0 atom stereocenters. The van der Waals surface area contributed by atoms with E-state index in [1.165, 1.54) is 0 Å². The number of carbonyl (C=O) groups excluding carboxylic acids is 1. The van der Waals surface area contributed by atoms with Crippen LogP contribution in [0.25, 0.3) is 22.2 Å². The summed E-state index contributed by atoms with van der Waals surface area (Å²) in [6.45, 7) is 0.731. The molecule has 1 aliphatic heterocycles. The van der Waals surface area contributed by atoms with E-state index in [2.05, 4.69) is 20.1 Å². The molecule has 5 heterocycles. The highest BCUT2D eigenvalue weighted by molar-refractivity contribution is 5.94. The summed E-state index contributed by atoms with van der Waals surface area (Å²) < 4.78 is 39.9. The molecule has 1 aliphatic rings. The molecule has 1 amide bonds. The van der Waals surface area contributed by atoms with Gasteiger partial charge in [0.2, 0.25) is 0 Å². The van der Waals surface area contributed by atoms with Gasteiger partial charge in [0.1, 0.15) is 5.69 Å². The average Bonchev–Trinajstić information content (AvgIpc) is 3.22. The first-order chi connectivity index (χ1) is 15.3. The minimum Gasteiger partial charge on any atom is -0.334 e. The maximum atomic E-state index is 12.8. The molecule has 10 heteroatoms. The predicted octanol–water partition coefficient (Wildman–Crippen LogP) is 3.64. The van der Waals surface area contributed by atoms with Crippen LogP contribution >= 0.6 is 0 Å². The highest BCUT2D eigenvalue weighted by atomic mass is 19.4. The van der Waals surface area contributed by atoms with Crippen LogP contribution in [0.1, 0.15) is 27.3 Å². The van der Waals surface area contributed by atoms with Gasteiger partial charge >= 0.3 is 6.18 Å². The number of hydrogen-bond donors (Lipinski definition) is 0. The third-order valence-corrected chi connectivity index (χ3v) is 5.44. The second-order valence-electron chi connectivity index (χ2n) is 7.67. The number of alkyl halides is 3. The number of rotatable bonds is 2. The summed E-state index contributed by atoms with van der Waals surface area (Å²) in [5, 5.41) is 5.03. The smallest absolute Gasteiger partial charge is 0.334 e. The van der Waals surface area contributed by atoms with Crippen molar-refractivity contribution in [2.45, 2.75) is 19.1 Å². The van der Waals surface area contributed by atoms with Crippen LogP contribution in [0.3, 0.4) is 0 Å². The lowest BCUT2D eigenvalue weighted by molar-refractivity contribution is -0.141. The van der Waals surface area contributed by atoms with Crippen molar-refractivity contribution in [3.8, 4) is 11.1 Å². The van der Waals surface area contributed by atoms with E-state index in [1.54, 1.807) is 22.0 Å². The van der Waals surface area contributed by atoms with Crippen LogP contribution in [0.5, 0.6) is 0 Å². The Hall–Kier alpha value is -3.82. The highest BCUT2D eigenvalue weighted by Gasteiger charge is 2.32. The summed E-state index contributed by atoms with van der Waals surface area (Å²) in [4.78, 5) is 27.0. The van der Waals surface area contributed by atoms with E-state index in [9.17, 15) is 18.0 Å². The largest absolute Gasteiger partial charge is 0.433 e. The summed E-state index contributed by atoms with van der Waals surface area (Å²) in [6.07, 6.45) is 2.39. The molecule has 0 aromatic carbocycles. The molecular formula is C22H17F3N6O. The van der Waals surface area contributed by atoms with E-state index in [-0.39, 0.29) is 11.5 Å². The van der Waals surface area contributed by atoms with Gasteiger partial charge in [-0.25, -0.2) is 9.97 Å². The van der Waals surface area contributed by atoms with Crippen LogP contribution in [0, 0.1) is 0 Å². The maximum Gasteiger partial charge on any atom is 0.433 e. The van der Waals surface area contributed by atoms with Crippen molar-refractivity contribution in [1.29, 1.82) is 0 Å². The standard InChI is InChI=1S/C22H17F3N6O/c1-30-11-17(10-28-30)15-6-14-7-16-12-31(5-4-18(16)29-20(14)27-9-15)21(32)13-2-3-19(26-8-13)22(23,24)25/h2-3,6-11H,4-5,12H2,1H3. The van der Waals surface area contributed by atoms with E-state index >= 15 is 0 Å². The molecule has 0 unspecified atom stereocenters. The first-order valence-corrected chi connectivity index (χ1v) is 9.88. The van der Waals surface area contributed by atoms with Gasteiger partial charge in [-0.05, 0) is 29.8 Å². The predicted molar refractivity (Wildman–Crippen MR) is 109 cm³/mol. The number of hydrogen-bond acceptors (Lipinski definition) is 5. The van der Waals surface area contributed by atoms with Crippen LogP contribution in [-0.2, 0) is 26.2 Å². The van der Waals surface area contributed by atoms with E-state index < -0.39 is 11.9 Å². The van der Waals surface area contributed by atoms with Crippen LogP contribution in [0.15, 0.2) is 49.1 Å². The lowest BCUT2D eigenvalue weighted by atomic mass is 10.0. The Morgan fingerprint density at radius 2 is 1.91 bits per heavy atom. The van der Waals surface area contributed by atoms with Gasteiger partial charge in [0.25, 0.3) is 5.91 Å². The second-order valence-corrected chi connectivity index (χ2v) is 7.67. The van der Waals surface area contributed by atoms with Crippen molar-refractivity contribution < 1.29 is 18.0 Å². The average molecular weight is 438 g/mol. The third-order valence-electron chi connectivity index (χ3n) is 5.44. The first kappa shape index (κ1) is 20.1. The van der Waals surface area contributed by atoms with Crippen LogP contribution < -0.4 is 0 Å². The number of amides is 1. The number of nitrogens with zero attached hydrogens (tertiary/aromatic N) is 6. The fourth-order valence-electron chi connectivity index (χ4n) is 3.80. The maximum absolute atomic E-state index is 12.8. The number of carbonyl (C=O) groups is 1. The summed E-state index contributed by atoms with van der Waals surface area (Å²) in [5.41, 5.74) is 3.33. The van der Waals surface area contributed by atoms with Crippen molar-refractivity contribution in [2.24, 2.45) is 7.05 Å². The molecule has 0 N–H and O–H groups in total. The fraction of sp³-hybridized carbons (Fsp3) is 0.227. The van der Waals surface area contributed by atoms with Gasteiger partial charge in [-0.3, -0.25) is 14.5 Å². The number of pyridine rings is 3. The molecule has 0 bridgehead atoms. The van der Waals surface area contributed by atoms with Gasteiger partial charge in [-0.1, -0.05) is 0 Å². The molecule has 7 nitrogen and oxygen atoms in total. The highest BCUT2D eigenvalue weighted by Crippen LogP contribution is 2.28. The molecule has 0 saturated carbocycles. The molecule has 0 fully saturated rings. The molecule has 0 spiro atoms. The Balaban J connectivity index is 1.41. The zero-order valence-electron chi connectivity index (χ0n) is 17.0. The normalized spacial score (nSPS) is 13.9. The van der Waals surface area contributed by atoms with Crippen molar-refractivity contribution in [3.63, 3.8) is 0 Å². The fourth-order valence-corrected chi connectivity index (χ4v) is 3.80. The summed E-state index contributed by atoms with van der Waals surface area (Å²) >= 11 is 0. The number of halogens is 3. The lowest BCUT2D eigenvalue weighted by Gasteiger charge is -2.28. The molecule has 162 valence electrons. The van der Waals surface area contributed by atoms with E-state index in [1.807, 2.05) is 25.4 Å². The Kier molecular flexibility index (Phi) is 4.65. The van der Waals surface area contributed by atoms with Crippen LogP contribution in [-0.4, -0.2) is 42.1 Å². The van der Waals surface area contributed by atoms with Gasteiger partial charge in [-0.15, -0.1) is 0 Å². The van der Waals surface area contributed by atoms with E-state index in [0.29, 0.717) is 25.2 Å². The van der Waals surface area contributed by atoms with Gasteiger partial charge in [0.15, 0.2) is 5.65 Å². The lowest BCUT2D eigenvalue weighted by Crippen LogP contribution is -2.36. The number of aromatic nitrogens is 5. The summed E-state index contributed by atoms with van der Waals surface area (Å²) in [7, 11) is 1.84. The first-order valence-electron chi connectivity index (χ1n) is 9.88. The Morgan fingerprint density at radius 3 is 2.59 bits per heavy atom. The van der Waals surface area contributed by atoms with Crippen molar-refractivity contribution in [2.75, 3.05) is 6.54 Å². The van der Waals surface area contributed by atoms with Crippen LogP contribution in [0.2, 0.25) is 0 Å². The van der Waals surface area contributed by atoms with E-state index in [0.717, 1.165) is 46.1 Å². The van der Waals surface area contributed by atoms with Crippen molar-refractivity contribution in [1.82, 2.24) is 29.6 Å². The van der Waals surface area contributed by atoms with Crippen molar-refractivity contribution in [3.05, 3.63) is 71.6 Å². The van der Waals surface area contributed by atoms with Crippen LogP contribution in [0.4, 0.5) is 13.2 Å². The Labute approximate surface area is 180 Å². The van der Waals surface area contributed by atoms with Gasteiger partial charge < -0.3 is 4.90 Å². The van der Waals surface area contributed by atoms with Crippen molar-refractivity contribution >= 4 is 16.9 Å². The molecule has 0 radical (unpaired) electrons. The zero-order chi connectivity index (χ0) is 22.5. The van der Waals surface area contributed by atoms with Gasteiger partial charge in [0, 0.05) is 67.4 Å². The SMILES string of the molecule is Cn1cc(-c2cnc3nc4c(cc3c2)CN(C(=O)c2ccc(C(F)(F)F)nc2)CC4)cn1. The number of fused-ring (bicyclic) bond motifs is 2. The van der Waals surface area contributed by atoms with E-state index in [4.69, 9.17) is 0 Å². The van der Waals surface area contributed by atoms with Gasteiger partial charge in [-0.2, -0.15) is 18.3 Å². The molecular weight excluding hydrogens is 421 g/mol. The summed E-state index contributed by atoms with van der Waals surface area (Å²) in [6, 6.07) is 5.93. The Bertz CT molecular complexity index is 1330. The minimum absolute atomic E-state index is 0.121.